The van der Waals surface area contributed by atoms with Crippen LogP contribution in [0.15, 0.2) is 16.7 Å². The molecule has 18 heavy (non-hydrogen) atoms. The zero-order valence-corrected chi connectivity index (χ0v) is 11.4. The summed E-state index contributed by atoms with van der Waals surface area (Å²) in [4.78, 5) is 14.0. The summed E-state index contributed by atoms with van der Waals surface area (Å²) >= 11 is 3.21. The number of aliphatic hydroxyl groups excluding tert-OH is 1. The molecule has 0 aliphatic rings. The number of nitrogens with one attached hydrogen (secondary N) is 1. The van der Waals surface area contributed by atoms with E-state index in [9.17, 15) is 10.1 Å². The maximum Gasteiger partial charge on any atom is 0.288 e. The molecule has 0 aliphatic carbocycles. The monoisotopic (exact) mass is 319 g/mol. The molecule has 0 aromatic carbocycles. The highest BCUT2D eigenvalue weighted by Gasteiger charge is 2.14. The first kappa shape index (κ1) is 14.8. The van der Waals surface area contributed by atoms with Gasteiger partial charge in [-0.15, -0.1) is 0 Å². The quantitative estimate of drug-likeness (QED) is 0.584. The Morgan fingerprint density at radius 2 is 2.44 bits per heavy atom. The molecule has 7 nitrogen and oxygen atoms in total. The van der Waals surface area contributed by atoms with Gasteiger partial charge in [-0.2, -0.15) is 0 Å². The third-order valence-electron chi connectivity index (χ3n) is 2.22. The first-order chi connectivity index (χ1) is 8.58. The van der Waals surface area contributed by atoms with Crippen LogP contribution < -0.4 is 5.32 Å². The normalized spacial score (nSPS) is 12.2. The lowest BCUT2D eigenvalue weighted by Crippen LogP contribution is -2.26. The number of hydrogen-bond acceptors (Lipinski definition) is 6. The van der Waals surface area contributed by atoms with Gasteiger partial charge in [0, 0.05) is 19.8 Å². The lowest BCUT2D eigenvalue weighted by atomic mass is 10.2. The summed E-state index contributed by atoms with van der Waals surface area (Å²) in [7, 11) is 1.56. The second-order valence-corrected chi connectivity index (χ2v) is 4.44. The number of hydrogen-bond donors (Lipinski definition) is 2. The van der Waals surface area contributed by atoms with Crippen molar-refractivity contribution in [1.82, 2.24) is 4.98 Å². The molecule has 8 heteroatoms. The number of ether oxygens (including phenoxy) is 1. The van der Waals surface area contributed by atoms with Crippen molar-refractivity contribution in [2.24, 2.45) is 0 Å². The maximum atomic E-state index is 10.6. The number of methoxy groups -OCH3 is 1. The predicted octanol–water partition coefficient (Wildman–Crippen LogP) is 1.56. The van der Waals surface area contributed by atoms with Crippen LogP contribution in [0.2, 0.25) is 0 Å². The fraction of sp³-hybridized carbons (Fsp3) is 0.500. The Morgan fingerprint density at radius 3 is 2.94 bits per heavy atom. The Labute approximate surface area is 112 Å². The van der Waals surface area contributed by atoms with Crippen LogP contribution in [-0.4, -0.2) is 41.4 Å². The first-order valence-electron chi connectivity index (χ1n) is 5.24. The minimum Gasteiger partial charge on any atom is -0.396 e. The van der Waals surface area contributed by atoms with Gasteiger partial charge in [0.1, 0.15) is 12.0 Å². The third kappa shape index (κ3) is 4.21. The number of nitrogens with zero attached hydrogens (tertiary/aromatic N) is 2. The van der Waals surface area contributed by atoms with E-state index >= 15 is 0 Å². The van der Waals surface area contributed by atoms with Gasteiger partial charge < -0.3 is 15.2 Å². The summed E-state index contributed by atoms with van der Waals surface area (Å²) in [5.74, 6) is 0.483. The van der Waals surface area contributed by atoms with Crippen LogP contribution in [0, 0.1) is 10.1 Å². The van der Waals surface area contributed by atoms with Crippen molar-refractivity contribution < 1.29 is 14.8 Å². The highest BCUT2D eigenvalue weighted by Crippen LogP contribution is 2.25. The molecule has 1 aromatic heterocycles. The number of anilines is 1. The molecule has 1 unspecified atom stereocenters. The zero-order valence-electron chi connectivity index (χ0n) is 9.80. The number of aliphatic hydroxyl groups is 1. The van der Waals surface area contributed by atoms with E-state index < -0.39 is 4.92 Å². The molecule has 2 N–H and O–H groups in total. The molecule has 1 atom stereocenters. The number of pyridine rings is 1. The molecule has 0 fully saturated rings. The number of rotatable bonds is 7. The average molecular weight is 320 g/mol. The smallest absolute Gasteiger partial charge is 0.288 e. The molecule has 0 spiro atoms. The second-order valence-electron chi connectivity index (χ2n) is 3.59. The Bertz CT molecular complexity index is 410. The Hall–Kier alpha value is -1.25. The molecule has 0 radical (unpaired) electrons. The standard InChI is InChI=1S/C10H14BrN3O4/c1-18-6-7(2-3-15)13-10-9(11)4-8(5-12-10)14(16)17/h4-5,7,15H,2-3,6H2,1H3,(H,12,13). The molecular formula is C10H14BrN3O4. The summed E-state index contributed by atoms with van der Waals surface area (Å²) in [6.07, 6.45) is 1.68. The fourth-order valence-corrected chi connectivity index (χ4v) is 1.83. The van der Waals surface area contributed by atoms with Crippen LogP contribution in [0.3, 0.4) is 0 Å². The van der Waals surface area contributed by atoms with Gasteiger partial charge in [-0.05, 0) is 22.4 Å². The molecule has 1 rings (SSSR count). The summed E-state index contributed by atoms with van der Waals surface area (Å²) in [6.45, 7) is 0.428. The summed E-state index contributed by atoms with van der Waals surface area (Å²) < 4.78 is 5.50. The second kappa shape index (κ2) is 7.24. The van der Waals surface area contributed by atoms with Gasteiger partial charge in [-0.25, -0.2) is 4.98 Å². The van der Waals surface area contributed by atoms with E-state index in [2.05, 4.69) is 26.2 Å². The molecule has 1 heterocycles. The summed E-state index contributed by atoms with van der Waals surface area (Å²) in [5, 5.41) is 22.5. The number of halogens is 1. The van der Waals surface area contributed by atoms with Crippen molar-refractivity contribution in [2.75, 3.05) is 25.6 Å². The van der Waals surface area contributed by atoms with E-state index in [0.717, 1.165) is 0 Å². The van der Waals surface area contributed by atoms with Gasteiger partial charge in [0.05, 0.1) is 22.0 Å². The number of nitro groups is 1. The first-order valence-corrected chi connectivity index (χ1v) is 6.04. The van der Waals surface area contributed by atoms with E-state index in [1.54, 1.807) is 7.11 Å². The SMILES string of the molecule is COCC(CCO)Nc1ncc([N+](=O)[O-])cc1Br. The predicted molar refractivity (Wildman–Crippen MR) is 69.6 cm³/mol. The van der Waals surface area contributed by atoms with Crippen LogP contribution in [0.5, 0.6) is 0 Å². The minimum absolute atomic E-state index is 0.0195. The summed E-state index contributed by atoms with van der Waals surface area (Å²) in [6, 6.07) is 1.27. The molecule has 100 valence electrons. The topological polar surface area (TPSA) is 97.5 Å². The molecule has 0 saturated carbocycles. The lowest BCUT2D eigenvalue weighted by Gasteiger charge is -2.18. The van der Waals surface area contributed by atoms with Gasteiger partial charge in [-0.1, -0.05) is 0 Å². The van der Waals surface area contributed by atoms with Crippen molar-refractivity contribution in [3.8, 4) is 0 Å². The van der Waals surface area contributed by atoms with Crippen LogP contribution in [0.4, 0.5) is 11.5 Å². The molecule has 0 saturated heterocycles. The molecule has 0 aliphatic heterocycles. The molecule has 1 aromatic rings. The van der Waals surface area contributed by atoms with Crippen LogP contribution in [0.1, 0.15) is 6.42 Å². The van der Waals surface area contributed by atoms with E-state index in [1.807, 2.05) is 0 Å². The molecule has 0 amide bonds. The van der Waals surface area contributed by atoms with Gasteiger partial charge in [0.2, 0.25) is 0 Å². The van der Waals surface area contributed by atoms with E-state index in [-0.39, 0.29) is 18.3 Å². The van der Waals surface area contributed by atoms with Gasteiger partial charge >= 0.3 is 0 Å². The average Bonchev–Trinajstić information content (AvgIpc) is 2.32. The van der Waals surface area contributed by atoms with Gasteiger partial charge in [-0.3, -0.25) is 10.1 Å². The van der Waals surface area contributed by atoms with E-state index in [1.165, 1.54) is 12.3 Å². The Kier molecular flexibility index (Phi) is 5.96. The zero-order chi connectivity index (χ0) is 13.5. The molecule has 0 bridgehead atoms. The van der Waals surface area contributed by atoms with Gasteiger partial charge in [0.25, 0.3) is 5.69 Å². The fourth-order valence-electron chi connectivity index (χ4n) is 1.38. The Morgan fingerprint density at radius 1 is 1.72 bits per heavy atom. The highest BCUT2D eigenvalue weighted by molar-refractivity contribution is 9.10. The van der Waals surface area contributed by atoms with Crippen molar-refractivity contribution in [2.45, 2.75) is 12.5 Å². The van der Waals surface area contributed by atoms with Crippen LogP contribution in [0.25, 0.3) is 0 Å². The number of aromatic nitrogens is 1. The highest BCUT2D eigenvalue weighted by atomic mass is 79.9. The van der Waals surface area contributed by atoms with Crippen LogP contribution >= 0.6 is 15.9 Å². The largest absolute Gasteiger partial charge is 0.396 e. The van der Waals surface area contributed by atoms with E-state index in [0.29, 0.717) is 23.3 Å². The van der Waals surface area contributed by atoms with Crippen molar-refractivity contribution in [3.05, 3.63) is 26.9 Å². The maximum absolute atomic E-state index is 10.6. The third-order valence-corrected chi connectivity index (χ3v) is 2.83. The van der Waals surface area contributed by atoms with Crippen molar-refractivity contribution in [3.63, 3.8) is 0 Å². The Balaban J connectivity index is 2.79. The van der Waals surface area contributed by atoms with E-state index in [4.69, 9.17) is 9.84 Å². The van der Waals surface area contributed by atoms with Crippen molar-refractivity contribution in [1.29, 1.82) is 0 Å². The van der Waals surface area contributed by atoms with Gasteiger partial charge in [0.15, 0.2) is 0 Å². The summed E-state index contributed by atoms with van der Waals surface area (Å²) in [5.41, 5.74) is -0.0853. The lowest BCUT2D eigenvalue weighted by molar-refractivity contribution is -0.385. The van der Waals surface area contributed by atoms with Crippen molar-refractivity contribution >= 4 is 27.4 Å². The minimum atomic E-state index is -0.512. The molecular weight excluding hydrogens is 306 g/mol. The van der Waals surface area contributed by atoms with Crippen LogP contribution in [-0.2, 0) is 4.74 Å².